The SMILES string of the molecule is O=C(CN1CCN(C(=O)Oc2ccccc2)CC1)Nc1ccccc1. The van der Waals surface area contributed by atoms with Crippen molar-refractivity contribution in [3.05, 3.63) is 60.7 Å². The lowest BCUT2D eigenvalue weighted by molar-refractivity contribution is -0.117. The van der Waals surface area contributed by atoms with Gasteiger partial charge < -0.3 is 15.0 Å². The van der Waals surface area contributed by atoms with Crippen LogP contribution >= 0.6 is 0 Å². The summed E-state index contributed by atoms with van der Waals surface area (Å²) in [5.41, 5.74) is 0.789. The Labute approximate surface area is 147 Å². The molecular weight excluding hydrogens is 318 g/mol. The summed E-state index contributed by atoms with van der Waals surface area (Å²) in [6.45, 7) is 2.70. The first kappa shape index (κ1) is 17.0. The summed E-state index contributed by atoms with van der Waals surface area (Å²) in [6, 6.07) is 18.4. The van der Waals surface area contributed by atoms with Gasteiger partial charge in [0.15, 0.2) is 0 Å². The molecule has 0 aliphatic carbocycles. The topological polar surface area (TPSA) is 61.9 Å². The van der Waals surface area contributed by atoms with Crippen molar-refractivity contribution in [1.82, 2.24) is 9.80 Å². The first-order valence-corrected chi connectivity index (χ1v) is 8.30. The number of nitrogens with one attached hydrogen (secondary N) is 1. The molecule has 0 spiro atoms. The Kier molecular flexibility index (Phi) is 5.64. The van der Waals surface area contributed by atoms with Gasteiger partial charge in [-0.15, -0.1) is 0 Å². The monoisotopic (exact) mass is 339 g/mol. The van der Waals surface area contributed by atoms with Crippen molar-refractivity contribution in [2.24, 2.45) is 0 Å². The van der Waals surface area contributed by atoms with Crippen LogP contribution in [0.25, 0.3) is 0 Å². The first-order valence-electron chi connectivity index (χ1n) is 8.30. The minimum Gasteiger partial charge on any atom is -0.410 e. The maximum absolute atomic E-state index is 12.1. The number of amides is 2. The van der Waals surface area contributed by atoms with Crippen LogP contribution in [0.1, 0.15) is 0 Å². The molecule has 0 saturated carbocycles. The van der Waals surface area contributed by atoms with E-state index in [-0.39, 0.29) is 12.0 Å². The quantitative estimate of drug-likeness (QED) is 0.929. The van der Waals surface area contributed by atoms with Crippen molar-refractivity contribution in [3.63, 3.8) is 0 Å². The van der Waals surface area contributed by atoms with Crippen LogP contribution in [-0.4, -0.2) is 54.5 Å². The van der Waals surface area contributed by atoms with E-state index in [0.717, 1.165) is 5.69 Å². The number of piperazine rings is 1. The van der Waals surface area contributed by atoms with Crippen molar-refractivity contribution in [2.75, 3.05) is 38.0 Å². The fourth-order valence-electron chi connectivity index (χ4n) is 2.67. The fraction of sp³-hybridized carbons (Fsp3) is 0.263. The number of anilines is 1. The van der Waals surface area contributed by atoms with Crippen molar-refractivity contribution in [3.8, 4) is 5.75 Å². The van der Waals surface area contributed by atoms with Crippen LogP contribution < -0.4 is 10.1 Å². The minimum absolute atomic E-state index is 0.0495. The average molecular weight is 339 g/mol. The number of nitrogens with zero attached hydrogens (tertiary/aromatic N) is 2. The van der Waals surface area contributed by atoms with Gasteiger partial charge in [0.05, 0.1) is 6.54 Å². The molecule has 1 saturated heterocycles. The highest BCUT2D eigenvalue weighted by Gasteiger charge is 2.23. The standard InChI is InChI=1S/C19H21N3O3/c23-18(20-16-7-3-1-4-8-16)15-21-11-13-22(14-12-21)19(24)25-17-9-5-2-6-10-17/h1-10H,11-15H2,(H,20,23). The van der Waals surface area contributed by atoms with E-state index in [0.29, 0.717) is 38.5 Å². The van der Waals surface area contributed by atoms with Gasteiger partial charge in [0.25, 0.3) is 0 Å². The lowest BCUT2D eigenvalue weighted by atomic mass is 10.3. The summed E-state index contributed by atoms with van der Waals surface area (Å²) < 4.78 is 5.34. The van der Waals surface area contributed by atoms with E-state index in [1.54, 1.807) is 17.0 Å². The Bertz CT molecular complexity index is 698. The number of benzene rings is 2. The molecule has 0 unspecified atom stereocenters. The van der Waals surface area contributed by atoms with E-state index in [1.807, 2.05) is 53.4 Å². The molecule has 1 aliphatic rings. The molecule has 3 rings (SSSR count). The van der Waals surface area contributed by atoms with Crippen LogP contribution in [0, 0.1) is 0 Å². The molecule has 25 heavy (non-hydrogen) atoms. The number of para-hydroxylation sites is 2. The normalized spacial score (nSPS) is 14.8. The van der Waals surface area contributed by atoms with Gasteiger partial charge in [-0.3, -0.25) is 9.69 Å². The summed E-state index contributed by atoms with van der Waals surface area (Å²) in [4.78, 5) is 27.9. The van der Waals surface area contributed by atoms with Gasteiger partial charge in [-0.05, 0) is 24.3 Å². The van der Waals surface area contributed by atoms with Gasteiger partial charge in [0.1, 0.15) is 5.75 Å². The summed E-state index contributed by atoms with van der Waals surface area (Å²) >= 11 is 0. The second-order valence-corrected chi connectivity index (χ2v) is 5.86. The van der Waals surface area contributed by atoms with E-state index in [4.69, 9.17) is 4.74 Å². The third-order valence-electron chi connectivity index (χ3n) is 4.00. The summed E-state index contributed by atoms with van der Waals surface area (Å²) in [5, 5.41) is 2.87. The van der Waals surface area contributed by atoms with E-state index in [9.17, 15) is 9.59 Å². The number of carbonyl (C=O) groups excluding carboxylic acids is 2. The number of ether oxygens (including phenoxy) is 1. The van der Waals surface area contributed by atoms with Gasteiger partial charge in [0.2, 0.25) is 5.91 Å². The van der Waals surface area contributed by atoms with Crippen LogP contribution in [-0.2, 0) is 4.79 Å². The zero-order chi connectivity index (χ0) is 17.5. The molecule has 0 aromatic heterocycles. The summed E-state index contributed by atoms with van der Waals surface area (Å²) in [5.74, 6) is 0.490. The molecule has 1 N–H and O–H groups in total. The molecule has 0 atom stereocenters. The van der Waals surface area contributed by atoms with Crippen molar-refractivity contribution in [1.29, 1.82) is 0 Å². The molecular formula is C19H21N3O3. The van der Waals surface area contributed by atoms with Gasteiger partial charge in [-0.2, -0.15) is 0 Å². The molecule has 1 heterocycles. The van der Waals surface area contributed by atoms with Crippen LogP contribution in [0.15, 0.2) is 60.7 Å². The van der Waals surface area contributed by atoms with Gasteiger partial charge in [-0.25, -0.2) is 4.79 Å². The average Bonchev–Trinajstić information content (AvgIpc) is 2.64. The van der Waals surface area contributed by atoms with Crippen molar-refractivity contribution in [2.45, 2.75) is 0 Å². The smallest absolute Gasteiger partial charge is 0.410 e. The minimum atomic E-state index is -0.348. The van der Waals surface area contributed by atoms with Crippen LogP contribution in [0.5, 0.6) is 5.75 Å². The molecule has 0 radical (unpaired) electrons. The van der Waals surface area contributed by atoms with Crippen LogP contribution in [0.3, 0.4) is 0 Å². The molecule has 6 heteroatoms. The predicted octanol–water partition coefficient (Wildman–Crippen LogP) is 2.44. The van der Waals surface area contributed by atoms with Crippen molar-refractivity contribution >= 4 is 17.7 Å². The zero-order valence-corrected chi connectivity index (χ0v) is 13.9. The molecule has 1 aliphatic heterocycles. The fourth-order valence-corrected chi connectivity index (χ4v) is 2.67. The largest absolute Gasteiger partial charge is 0.415 e. The lowest BCUT2D eigenvalue weighted by Gasteiger charge is -2.33. The van der Waals surface area contributed by atoms with Gasteiger partial charge in [0, 0.05) is 31.9 Å². The van der Waals surface area contributed by atoms with Crippen LogP contribution in [0.4, 0.5) is 10.5 Å². The Morgan fingerprint density at radius 3 is 2.12 bits per heavy atom. The highest BCUT2D eigenvalue weighted by atomic mass is 16.6. The Balaban J connectivity index is 1.42. The zero-order valence-electron chi connectivity index (χ0n) is 13.9. The third kappa shape index (κ3) is 5.06. The van der Waals surface area contributed by atoms with Crippen LogP contribution in [0.2, 0.25) is 0 Å². The van der Waals surface area contributed by atoms with Gasteiger partial charge in [-0.1, -0.05) is 36.4 Å². The number of hydrogen-bond donors (Lipinski definition) is 1. The second kappa shape index (κ2) is 8.30. The maximum atomic E-state index is 12.1. The molecule has 1 fully saturated rings. The van der Waals surface area contributed by atoms with E-state index in [2.05, 4.69) is 5.32 Å². The lowest BCUT2D eigenvalue weighted by Crippen LogP contribution is -2.51. The third-order valence-corrected chi connectivity index (χ3v) is 4.00. The number of rotatable bonds is 4. The molecule has 2 amide bonds. The van der Waals surface area contributed by atoms with Gasteiger partial charge >= 0.3 is 6.09 Å². The Hall–Kier alpha value is -2.86. The van der Waals surface area contributed by atoms with E-state index < -0.39 is 0 Å². The summed E-state index contributed by atoms with van der Waals surface area (Å²) in [7, 11) is 0. The molecule has 2 aromatic rings. The highest BCUT2D eigenvalue weighted by molar-refractivity contribution is 5.92. The second-order valence-electron chi connectivity index (χ2n) is 5.86. The maximum Gasteiger partial charge on any atom is 0.415 e. The Morgan fingerprint density at radius 1 is 0.880 bits per heavy atom. The summed E-state index contributed by atoms with van der Waals surface area (Å²) in [6.07, 6.45) is -0.348. The Morgan fingerprint density at radius 2 is 1.48 bits per heavy atom. The molecule has 0 bridgehead atoms. The number of hydrogen-bond acceptors (Lipinski definition) is 4. The van der Waals surface area contributed by atoms with E-state index >= 15 is 0 Å². The van der Waals surface area contributed by atoms with E-state index in [1.165, 1.54) is 0 Å². The molecule has 130 valence electrons. The highest BCUT2D eigenvalue weighted by Crippen LogP contribution is 2.12. The molecule has 6 nitrogen and oxygen atoms in total. The first-order chi connectivity index (χ1) is 12.2. The van der Waals surface area contributed by atoms with Crippen molar-refractivity contribution < 1.29 is 14.3 Å². The molecule has 2 aromatic carbocycles. The predicted molar refractivity (Wildman–Crippen MR) is 95.6 cm³/mol. The number of carbonyl (C=O) groups is 2.